The number of likely N-dealkylation sites (tertiary alicyclic amines) is 1. The summed E-state index contributed by atoms with van der Waals surface area (Å²) in [6.07, 6.45) is 0.897. The van der Waals surface area contributed by atoms with E-state index in [2.05, 4.69) is 0 Å². The molecule has 1 aromatic heterocycles. The Morgan fingerprint density at radius 2 is 2.44 bits per heavy atom. The number of hydrogen-bond acceptors (Lipinski definition) is 4. The average Bonchev–Trinajstić information content (AvgIpc) is 2.84. The first-order valence-electron chi connectivity index (χ1n) is 4.88. The van der Waals surface area contributed by atoms with E-state index in [0.717, 1.165) is 23.6 Å². The monoisotopic (exact) mass is 262 g/mol. The number of nitrogens with zero attached hydrogens (tertiary/aromatic N) is 1. The van der Waals surface area contributed by atoms with Crippen LogP contribution in [0.1, 0.15) is 16.1 Å². The molecule has 1 aliphatic heterocycles. The summed E-state index contributed by atoms with van der Waals surface area (Å²) in [5.41, 5.74) is 5.76. The van der Waals surface area contributed by atoms with E-state index < -0.39 is 0 Å². The van der Waals surface area contributed by atoms with E-state index in [4.69, 9.17) is 10.5 Å². The number of carbonyl (C=O) groups is 1. The number of ether oxygens (including phenoxy) is 1. The molecular weight excluding hydrogens is 248 g/mol. The van der Waals surface area contributed by atoms with E-state index in [1.165, 1.54) is 11.3 Å². The van der Waals surface area contributed by atoms with Crippen LogP contribution in [-0.4, -0.2) is 37.0 Å². The zero-order chi connectivity index (χ0) is 10.8. The van der Waals surface area contributed by atoms with Gasteiger partial charge in [0.1, 0.15) is 5.75 Å². The zero-order valence-electron chi connectivity index (χ0n) is 9.01. The number of carbonyl (C=O) groups excluding carboxylic acids is 1. The van der Waals surface area contributed by atoms with Gasteiger partial charge in [-0.15, -0.1) is 23.7 Å². The first-order valence-corrected chi connectivity index (χ1v) is 5.76. The van der Waals surface area contributed by atoms with Gasteiger partial charge >= 0.3 is 0 Å². The van der Waals surface area contributed by atoms with Crippen molar-refractivity contribution in [3.05, 3.63) is 16.3 Å². The largest absolute Gasteiger partial charge is 0.496 e. The van der Waals surface area contributed by atoms with Crippen molar-refractivity contribution >= 4 is 29.7 Å². The third kappa shape index (κ3) is 2.66. The molecule has 1 atom stereocenters. The van der Waals surface area contributed by atoms with Gasteiger partial charge in [-0.3, -0.25) is 4.79 Å². The minimum Gasteiger partial charge on any atom is -0.496 e. The molecule has 2 heterocycles. The van der Waals surface area contributed by atoms with Crippen LogP contribution in [0.5, 0.6) is 5.75 Å². The van der Waals surface area contributed by atoms with Crippen LogP contribution in [0, 0.1) is 0 Å². The molecule has 1 aliphatic rings. The predicted octanol–water partition coefficient (Wildman–Crippen LogP) is 1.35. The number of methoxy groups -OCH3 is 1. The van der Waals surface area contributed by atoms with Gasteiger partial charge in [-0.25, -0.2) is 0 Å². The van der Waals surface area contributed by atoms with Crippen LogP contribution < -0.4 is 10.5 Å². The highest BCUT2D eigenvalue weighted by Gasteiger charge is 2.25. The summed E-state index contributed by atoms with van der Waals surface area (Å²) in [6.45, 7) is 1.43. The lowest BCUT2D eigenvalue weighted by Gasteiger charge is -2.13. The Bertz CT molecular complexity index is 369. The third-order valence-corrected chi connectivity index (χ3v) is 3.43. The standard InChI is InChI=1S/C10H14N2O2S.ClH/c1-14-8-4-9(15-6-8)10(13)12-3-2-7(11)5-12;/h4,6-7H,2-3,5,11H2,1H3;1H/t7-;/m1./s1. The normalized spacial score (nSPS) is 19.4. The van der Waals surface area contributed by atoms with E-state index in [0.29, 0.717) is 6.54 Å². The molecule has 1 fully saturated rings. The molecule has 90 valence electrons. The van der Waals surface area contributed by atoms with Gasteiger partial charge in [0.15, 0.2) is 0 Å². The summed E-state index contributed by atoms with van der Waals surface area (Å²) in [7, 11) is 1.60. The predicted molar refractivity (Wildman–Crippen MR) is 66.6 cm³/mol. The lowest BCUT2D eigenvalue weighted by atomic mass is 10.3. The van der Waals surface area contributed by atoms with Crippen molar-refractivity contribution in [1.82, 2.24) is 4.90 Å². The lowest BCUT2D eigenvalue weighted by Crippen LogP contribution is -2.31. The second-order valence-electron chi connectivity index (χ2n) is 3.65. The van der Waals surface area contributed by atoms with Gasteiger partial charge in [-0.05, 0) is 6.42 Å². The van der Waals surface area contributed by atoms with Crippen molar-refractivity contribution in [2.45, 2.75) is 12.5 Å². The molecule has 6 heteroatoms. The Balaban J connectivity index is 0.00000128. The van der Waals surface area contributed by atoms with Gasteiger partial charge < -0.3 is 15.4 Å². The first kappa shape index (κ1) is 13.3. The summed E-state index contributed by atoms with van der Waals surface area (Å²) in [5, 5.41) is 1.84. The van der Waals surface area contributed by atoms with Gasteiger partial charge in [-0.1, -0.05) is 0 Å². The third-order valence-electron chi connectivity index (χ3n) is 2.53. The van der Waals surface area contributed by atoms with Crippen molar-refractivity contribution in [3.63, 3.8) is 0 Å². The average molecular weight is 263 g/mol. The van der Waals surface area contributed by atoms with Crippen molar-refractivity contribution in [2.24, 2.45) is 5.73 Å². The molecular formula is C10H15ClN2O2S. The fourth-order valence-electron chi connectivity index (χ4n) is 1.67. The molecule has 0 radical (unpaired) electrons. The van der Waals surface area contributed by atoms with Crippen LogP contribution in [0.3, 0.4) is 0 Å². The van der Waals surface area contributed by atoms with Gasteiger partial charge in [0.05, 0.1) is 12.0 Å². The van der Waals surface area contributed by atoms with E-state index in [1.54, 1.807) is 18.1 Å². The summed E-state index contributed by atoms with van der Waals surface area (Å²) < 4.78 is 5.04. The molecule has 0 spiro atoms. The van der Waals surface area contributed by atoms with Crippen LogP contribution in [0.2, 0.25) is 0 Å². The van der Waals surface area contributed by atoms with Crippen LogP contribution in [0.15, 0.2) is 11.4 Å². The molecule has 4 nitrogen and oxygen atoms in total. The van der Waals surface area contributed by atoms with E-state index in [9.17, 15) is 4.79 Å². The van der Waals surface area contributed by atoms with Gasteiger partial charge in [0, 0.05) is 30.6 Å². The fourth-order valence-corrected chi connectivity index (χ4v) is 2.49. The van der Waals surface area contributed by atoms with Gasteiger partial charge in [0.2, 0.25) is 0 Å². The Morgan fingerprint density at radius 3 is 2.94 bits per heavy atom. The van der Waals surface area contributed by atoms with E-state index >= 15 is 0 Å². The Morgan fingerprint density at radius 1 is 1.69 bits per heavy atom. The Hall–Kier alpha value is -0.780. The summed E-state index contributed by atoms with van der Waals surface area (Å²) in [6, 6.07) is 1.91. The van der Waals surface area contributed by atoms with E-state index in [-0.39, 0.29) is 24.4 Å². The number of halogens is 1. The topological polar surface area (TPSA) is 55.6 Å². The minimum absolute atomic E-state index is 0. The molecule has 16 heavy (non-hydrogen) atoms. The van der Waals surface area contributed by atoms with Crippen molar-refractivity contribution in [1.29, 1.82) is 0 Å². The Labute approximate surface area is 105 Å². The number of nitrogens with two attached hydrogens (primary N) is 1. The van der Waals surface area contributed by atoms with Crippen molar-refractivity contribution in [3.8, 4) is 5.75 Å². The zero-order valence-corrected chi connectivity index (χ0v) is 10.6. The summed E-state index contributed by atoms with van der Waals surface area (Å²) >= 11 is 1.41. The molecule has 0 bridgehead atoms. The number of thiophene rings is 1. The minimum atomic E-state index is 0. The van der Waals surface area contributed by atoms with Crippen molar-refractivity contribution < 1.29 is 9.53 Å². The second-order valence-corrected chi connectivity index (χ2v) is 4.56. The maximum Gasteiger partial charge on any atom is 0.264 e. The maximum absolute atomic E-state index is 11.9. The van der Waals surface area contributed by atoms with Crippen molar-refractivity contribution in [2.75, 3.05) is 20.2 Å². The smallest absolute Gasteiger partial charge is 0.264 e. The molecule has 0 saturated carbocycles. The molecule has 2 N–H and O–H groups in total. The lowest BCUT2D eigenvalue weighted by molar-refractivity contribution is 0.0795. The molecule has 1 saturated heterocycles. The van der Waals surface area contributed by atoms with Gasteiger partial charge in [-0.2, -0.15) is 0 Å². The van der Waals surface area contributed by atoms with Crippen LogP contribution >= 0.6 is 23.7 Å². The highest BCUT2D eigenvalue weighted by molar-refractivity contribution is 7.12. The number of amides is 1. The molecule has 0 aromatic carbocycles. The quantitative estimate of drug-likeness (QED) is 0.875. The molecule has 1 aromatic rings. The maximum atomic E-state index is 11.9. The highest BCUT2D eigenvalue weighted by atomic mass is 35.5. The molecule has 0 unspecified atom stereocenters. The number of hydrogen-bond donors (Lipinski definition) is 1. The van der Waals surface area contributed by atoms with Crippen LogP contribution in [-0.2, 0) is 0 Å². The fraction of sp³-hybridized carbons (Fsp3) is 0.500. The van der Waals surface area contributed by atoms with Crippen LogP contribution in [0.4, 0.5) is 0 Å². The van der Waals surface area contributed by atoms with Gasteiger partial charge in [0.25, 0.3) is 5.91 Å². The summed E-state index contributed by atoms with van der Waals surface area (Å²) in [5.74, 6) is 0.808. The molecule has 2 rings (SSSR count). The van der Waals surface area contributed by atoms with E-state index in [1.807, 2.05) is 5.38 Å². The first-order chi connectivity index (χ1) is 7.20. The molecule has 1 amide bonds. The SMILES string of the molecule is COc1csc(C(=O)N2CC[C@@H](N)C2)c1.Cl. The second kappa shape index (κ2) is 5.52. The Kier molecular flexibility index (Phi) is 4.58. The molecule has 0 aliphatic carbocycles. The summed E-state index contributed by atoms with van der Waals surface area (Å²) in [4.78, 5) is 14.5. The highest BCUT2D eigenvalue weighted by Crippen LogP contribution is 2.23. The van der Waals surface area contributed by atoms with Crippen LogP contribution in [0.25, 0.3) is 0 Å². The number of rotatable bonds is 2.